The SMILES string of the molecule is C1=CCC(c2ccccc2-c2ccc(-n3c4ccccc4c4cc(-c5ccc6c(c5)c5c(n6C6C=C7CCC=CC7=CC6)CCC=C5)ccc43)cc2)C=C1. The highest BCUT2D eigenvalue weighted by atomic mass is 15.0. The first-order chi connectivity index (χ1) is 26.8. The van der Waals surface area contributed by atoms with Crippen molar-refractivity contribution < 1.29 is 0 Å². The summed E-state index contributed by atoms with van der Waals surface area (Å²) in [5.74, 6) is 0.412. The monoisotopic (exact) mass is 694 g/mol. The Balaban J connectivity index is 0.985. The van der Waals surface area contributed by atoms with Crippen molar-refractivity contribution in [1.29, 1.82) is 0 Å². The maximum atomic E-state index is 2.67. The number of aromatic nitrogens is 2. The Hall–Kier alpha value is -6.12. The van der Waals surface area contributed by atoms with Crippen LogP contribution in [-0.2, 0) is 6.42 Å². The van der Waals surface area contributed by atoms with Gasteiger partial charge in [-0.3, -0.25) is 0 Å². The van der Waals surface area contributed by atoms with Gasteiger partial charge in [-0.1, -0.05) is 127 Å². The summed E-state index contributed by atoms with van der Waals surface area (Å²) in [5, 5.41) is 3.94. The van der Waals surface area contributed by atoms with Crippen molar-refractivity contribution in [2.75, 3.05) is 0 Å². The maximum absolute atomic E-state index is 2.67. The van der Waals surface area contributed by atoms with Crippen molar-refractivity contribution >= 4 is 38.8 Å². The third-order valence-corrected chi connectivity index (χ3v) is 12.3. The molecule has 0 aliphatic heterocycles. The van der Waals surface area contributed by atoms with Gasteiger partial charge in [0.15, 0.2) is 0 Å². The molecule has 0 N–H and O–H groups in total. The van der Waals surface area contributed by atoms with Crippen LogP contribution in [0, 0.1) is 0 Å². The van der Waals surface area contributed by atoms with Crippen LogP contribution in [0.4, 0.5) is 0 Å². The minimum atomic E-state index is 0.372. The molecule has 0 radical (unpaired) electrons. The van der Waals surface area contributed by atoms with Crippen molar-refractivity contribution in [3.63, 3.8) is 0 Å². The molecule has 4 aliphatic carbocycles. The second-order valence-electron chi connectivity index (χ2n) is 15.4. The van der Waals surface area contributed by atoms with E-state index in [0.29, 0.717) is 12.0 Å². The topological polar surface area (TPSA) is 9.86 Å². The van der Waals surface area contributed by atoms with Crippen molar-refractivity contribution in [2.24, 2.45) is 0 Å². The molecule has 0 bridgehead atoms. The first-order valence-corrected chi connectivity index (χ1v) is 19.8. The molecule has 7 aromatic rings. The van der Waals surface area contributed by atoms with E-state index < -0.39 is 0 Å². The first-order valence-electron chi connectivity index (χ1n) is 19.8. The number of allylic oxidation sites excluding steroid dienone is 11. The summed E-state index contributed by atoms with van der Waals surface area (Å²) < 4.78 is 5.10. The molecule has 2 nitrogen and oxygen atoms in total. The fourth-order valence-electron chi connectivity index (χ4n) is 9.74. The van der Waals surface area contributed by atoms with Gasteiger partial charge in [0.1, 0.15) is 0 Å². The van der Waals surface area contributed by atoms with Gasteiger partial charge in [-0.15, -0.1) is 0 Å². The third-order valence-electron chi connectivity index (χ3n) is 12.3. The summed E-state index contributed by atoms with van der Waals surface area (Å²) in [6, 6.07) is 41.6. The van der Waals surface area contributed by atoms with Crippen LogP contribution < -0.4 is 0 Å². The van der Waals surface area contributed by atoms with Gasteiger partial charge in [-0.25, -0.2) is 0 Å². The number of rotatable bonds is 5. The predicted octanol–water partition coefficient (Wildman–Crippen LogP) is 13.8. The van der Waals surface area contributed by atoms with Crippen molar-refractivity contribution in [3.05, 3.63) is 192 Å². The average molecular weight is 695 g/mol. The molecule has 0 amide bonds. The molecule has 2 aromatic heterocycles. The lowest BCUT2D eigenvalue weighted by molar-refractivity contribution is 0.589. The normalized spacial score (nSPS) is 19.0. The van der Waals surface area contributed by atoms with E-state index in [1.165, 1.54) is 88.6 Å². The van der Waals surface area contributed by atoms with Crippen LogP contribution in [0.15, 0.2) is 175 Å². The highest BCUT2D eigenvalue weighted by molar-refractivity contribution is 6.10. The van der Waals surface area contributed by atoms with E-state index >= 15 is 0 Å². The van der Waals surface area contributed by atoms with Gasteiger partial charge in [0.25, 0.3) is 0 Å². The van der Waals surface area contributed by atoms with Gasteiger partial charge >= 0.3 is 0 Å². The van der Waals surface area contributed by atoms with E-state index in [9.17, 15) is 0 Å². The highest BCUT2D eigenvalue weighted by Gasteiger charge is 2.25. The standard InChI is InChI=1S/C52H42N2/c1-2-13-36(14-3-1)43-16-6-7-17-44(43)37-23-27-41(28-24-37)53-49-20-10-8-18-45(49)47-33-39(25-30-51(47)53)40-26-31-52-48(34-40)46-19-9-11-21-50(46)54(52)42-29-22-35-12-4-5-15-38(35)32-42/h1-4,6-10,12-13,16-20,22-28,30-34,36,42H,5,11,14-15,21,29H2. The molecule has 4 aliphatic rings. The Labute approximate surface area is 317 Å². The quantitative estimate of drug-likeness (QED) is 0.170. The minimum absolute atomic E-state index is 0.372. The smallest absolute Gasteiger partial charge is 0.0560 e. The maximum Gasteiger partial charge on any atom is 0.0560 e. The highest BCUT2D eigenvalue weighted by Crippen LogP contribution is 2.42. The molecule has 0 saturated heterocycles. The average Bonchev–Trinajstić information content (AvgIpc) is 3.76. The van der Waals surface area contributed by atoms with E-state index in [1.807, 2.05) is 0 Å². The van der Waals surface area contributed by atoms with Crippen molar-refractivity contribution in [2.45, 2.75) is 50.5 Å². The molecule has 0 fully saturated rings. The minimum Gasteiger partial charge on any atom is -0.337 e. The number of para-hydroxylation sites is 1. The fourth-order valence-corrected chi connectivity index (χ4v) is 9.74. The zero-order valence-corrected chi connectivity index (χ0v) is 30.5. The Morgan fingerprint density at radius 2 is 1.33 bits per heavy atom. The van der Waals surface area contributed by atoms with E-state index in [4.69, 9.17) is 0 Å². The van der Waals surface area contributed by atoms with Gasteiger partial charge < -0.3 is 9.13 Å². The lowest BCUT2D eigenvalue weighted by Crippen LogP contribution is -2.14. The van der Waals surface area contributed by atoms with Gasteiger partial charge in [-0.05, 0) is 120 Å². The largest absolute Gasteiger partial charge is 0.337 e. The van der Waals surface area contributed by atoms with Crippen LogP contribution in [0.2, 0.25) is 0 Å². The molecular formula is C52H42N2. The number of nitrogens with zero attached hydrogens (tertiary/aromatic N) is 2. The van der Waals surface area contributed by atoms with E-state index in [-0.39, 0.29) is 0 Å². The second-order valence-corrected chi connectivity index (χ2v) is 15.4. The van der Waals surface area contributed by atoms with Crippen molar-refractivity contribution in [1.82, 2.24) is 9.13 Å². The number of fused-ring (bicyclic) bond motifs is 7. The lowest BCUT2D eigenvalue weighted by Gasteiger charge is -2.26. The predicted molar refractivity (Wildman–Crippen MR) is 228 cm³/mol. The Morgan fingerprint density at radius 1 is 0.574 bits per heavy atom. The Kier molecular flexibility index (Phi) is 7.43. The molecule has 2 atom stereocenters. The third kappa shape index (κ3) is 5.08. The molecule has 2 heterocycles. The fraction of sp³-hybridized carbons (Fsp3) is 0.154. The van der Waals surface area contributed by atoms with Crippen LogP contribution in [0.3, 0.4) is 0 Å². The van der Waals surface area contributed by atoms with Gasteiger partial charge in [0, 0.05) is 44.5 Å². The van der Waals surface area contributed by atoms with Crippen LogP contribution in [0.25, 0.3) is 66.7 Å². The molecule has 2 unspecified atom stereocenters. The van der Waals surface area contributed by atoms with E-state index in [0.717, 1.165) is 38.5 Å². The molecule has 2 heteroatoms. The van der Waals surface area contributed by atoms with E-state index in [2.05, 4.69) is 179 Å². The second kappa shape index (κ2) is 12.8. The molecule has 11 rings (SSSR count). The van der Waals surface area contributed by atoms with Gasteiger partial charge in [-0.2, -0.15) is 0 Å². The number of hydrogen-bond acceptors (Lipinski definition) is 0. The number of hydrogen-bond donors (Lipinski definition) is 0. The Bertz CT molecular complexity index is 2820. The molecule has 5 aromatic carbocycles. The summed E-state index contributed by atoms with van der Waals surface area (Å²) in [6.45, 7) is 0. The zero-order valence-electron chi connectivity index (χ0n) is 30.5. The first kappa shape index (κ1) is 31.4. The summed E-state index contributed by atoms with van der Waals surface area (Å²) in [5.41, 5.74) is 17.3. The Morgan fingerprint density at radius 3 is 2.22 bits per heavy atom. The number of benzene rings is 5. The van der Waals surface area contributed by atoms with Crippen molar-refractivity contribution in [3.8, 4) is 27.9 Å². The summed E-state index contributed by atoms with van der Waals surface area (Å²) in [6.07, 6.45) is 30.0. The molecular weight excluding hydrogens is 653 g/mol. The van der Waals surface area contributed by atoms with E-state index in [1.54, 1.807) is 0 Å². The van der Waals surface area contributed by atoms with Crippen LogP contribution in [-0.4, -0.2) is 9.13 Å². The van der Waals surface area contributed by atoms with Crippen LogP contribution >= 0.6 is 0 Å². The molecule has 0 spiro atoms. The molecule has 260 valence electrons. The zero-order chi connectivity index (χ0) is 35.6. The summed E-state index contributed by atoms with van der Waals surface area (Å²) in [4.78, 5) is 0. The van der Waals surface area contributed by atoms with Crippen LogP contribution in [0.1, 0.15) is 60.9 Å². The van der Waals surface area contributed by atoms with Gasteiger partial charge in [0.2, 0.25) is 0 Å². The summed E-state index contributed by atoms with van der Waals surface area (Å²) >= 11 is 0. The lowest BCUT2D eigenvalue weighted by atomic mass is 9.87. The molecule has 54 heavy (non-hydrogen) atoms. The van der Waals surface area contributed by atoms with Crippen LogP contribution in [0.5, 0.6) is 0 Å². The van der Waals surface area contributed by atoms with Gasteiger partial charge in [0.05, 0.1) is 17.1 Å². The molecule has 0 saturated carbocycles. The summed E-state index contributed by atoms with van der Waals surface area (Å²) in [7, 11) is 0.